The van der Waals surface area contributed by atoms with Crippen molar-refractivity contribution >= 4 is 16.1 Å². The van der Waals surface area contributed by atoms with E-state index in [0.29, 0.717) is 19.0 Å². The molecule has 1 heterocycles. The molecule has 2 amide bonds. The van der Waals surface area contributed by atoms with E-state index in [2.05, 4.69) is 10.0 Å². The Morgan fingerprint density at radius 2 is 1.86 bits per heavy atom. The molecule has 2 fully saturated rings. The summed E-state index contributed by atoms with van der Waals surface area (Å²) < 4.78 is 25.2. The highest BCUT2D eigenvalue weighted by Crippen LogP contribution is 2.22. The average molecular weight is 317 g/mol. The first-order valence-corrected chi connectivity index (χ1v) is 9.83. The lowest BCUT2D eigenvalue weighted by Gasteiger charge is -2.33. The van der Waals surface area contributed by atoms with E-state index in [1.54, 1.807) is 4.90 Å². The maximum atomic E-state index is 12.2. The highest BCUT2D eigenvalue weighted by molar-refractivity contribution is 7.88. The monoisotopic (exact) mass is 317 g/mol. The summed E-state index contributed by atoms with van der Waals surface area (Å²) in [5.41, 5.74) is 0. The van der Waals surface area contributed by atoms with E-state index in [9.17, 15) is 13.2 Å². The Kier molecular flexibility index (Phi) is 5.87. The number of piperidine rings is 1. The fraction of sp³-hybridized carbons (Fsp3) is 0.929. The van der Waals surface area contributed by atoms with Crippen molar-refractivity contribution in [3.8, 4) is 0 Å². The number of likely N-dealkylation sites (tertiary alicyclic amines) is 1. The summed E-state index contributed by atoms with van der Waals surface area (Å²) in [7, 11) is -3.21. The number of amides is 2. The lowest BCUT2D eigenvalue weighted by atomic mass is 9.89. The van der Waals surface area contributed by atoms with E-state index in [1.807, 2.05) is 0 Å². The molecule has 0 radical (unpaired) electrons. The third-order valence-electron chi connectivity index (χ3n) is 4.36. The molecule has 1 saturated carbocycles. The summed E-state index contributed by atoms with van der Waals surface area (Å²) in [4.78, 5) is 13.9. The van der Waals surface area contributed by atoms with E-state index >= 15 is 0 Å². The molecule has 2 aliphatic rings. The van der Waals surface area contributed by atoms with Crippen LogP contribution in [0.3, 0.4) is 0 Å². The Morgan fingerprint density at radius 1 is 1.14 bits per heavy atom. The van der Waals surface area contributed by atoms with Gasteiger partial charge in [0.25, 0.3) is 0 Å². The molecule has 21 heavy (non-hydrogen) atoms. The third-order valence-corrected chi connectivity index (χ3v) is 5.12. The van der Waals surface area contributed by atoms with Crippen LogP contribution in [0.15, 0.2) is 0 Å². The van der Waals surface area contributed by atoms with Crippen molar-refractivity contribution in [2.24, 2.45) is 5.92 Å². The fourth-order valence-corrected chi connectivity index (χ4v) is 4.09. The zero-order valence-corrected chi connectivity index (χ0v) is 13.6. The molecule has 7 heteroatoms. The van der Waals surface area contributed by atoms with Gasteiger partial charge in [-0.2, -0.15) is 0 Å². The quantitative estimate of drug-likeness (QED) is 0.820. The summed E-state index contributed by atoms with van der Waals surface area (Å²) in [6, 6.07) is -0.213. The second-order valence-electron chi connectivity index (χ2n) is 6.37. The molecule has 0 spiro atoms. The predicted octanol–water partition coefficient (Wildman–Crippen LogP) is 1.29. The Hall–Kier alpha value is -0.820. The normalized spacial score (nSPS) is 24.8. The molecule has 2 N–H and O–H groups in total. The number of urea groups is 1. The first-order chi connectivity index (χ1) is 9.94. The fourth-order valence-electron chi connectivity index (χ4n) is 3.30. The van der Waals surface area contributed by atoms with Crippen LogP contribution in [-0.2, 0) is 10.0 Å². The van der Waals surface area contributed by atoms with Gasteiger partial charge in [-0.1, -0.05) is 19.3 Å². The van der Waals surface area contributed by atoms with Gasteiger partial charge < -0.3 is 10.2 Å². The average Bonchev–Trinajstić information content (AvgIpc) is 2.44. The summed E-state index contributed by atoms with van der Waals surface area (Å²) in [6.07, 6.45) is 9.06. The molecule has 2 rings (SSSR count). The van der Waals surface area contributed by atoms with Crippen molar-refractivity contribution in [3.05, 3.63) is 0 Å². The van der Waals surface area contributed by atoms with Crippen LogP contribution in [0.2, 0.25) is 0 Å². The summed E-state index contributed by atoms with van der Waals surface area (Å²) in [6.45, 7) is 1.92. The molecule has 6 nitrogen and oxygen atoms in total. The number of nitrogens with zero attached hydrogens (tertiary/aromatic N) is 1. The van der Waals surface area contributed by atoms with Gasteiger partial charge in [-0.15, -0.1) is 0 Å². The lowest BCUT2D eigenvalue weighted by molar-refractivity contribution is 0.174. The van der Waals surface area contributed by atoms with Crippen LogP contribution in [-0.4, -0.2) is 51.3 Å². The number of hydrogen-bond donors (Lipinski definition) is 2. The largest absolute Gasteiger partial charge is 0.338 e. The molecular weight excluding hydrogens is 290 g/mol. The van der Waals surface area contributed by atoms with Crippen molar-refractivity contribution in [3.63, 3.8) is 0 Å². The Labute approximate surface area is 127 Å². The Balaban J connectivity index is 1.76. The Morgan fingerprint density at radius 3 is 2.52 bits per heavy atom. The van der Waals surface area contributed by atoms with Gasteiger partial charge in [0, 0.05) is 25.7 Å². The molecule has 1 saturated heterocycles. The van der Waals surface area contributed by atoms with Crippen molar-refractivity contribution in [1.82, 2.24) is 14.9 Å². The van der Waals surface area contributed by atoms with Crippen LogP contribution in [0, 0.1) is 5.92 Å². The molecule has 0 aromatic rings. The smallest absolute Gasteiger partial charge is 0.317 e. The van der Waals surface area contributed by atoms with Gasteiger partial charge in [0.2, 0.25) is 10.0 Å². The van der Waals surface area contributed by atoms with Crippen LogP contribution in [0.4, 0.5) is 4.79 Å². The minimum absolute atomic E-state index is 0.0550. The zero-order valence-electron chi connectivity index (χ0n) is 12.8. The number of sulfonamides is 1. The number of carbonyl (C=O) groups is 1. The van der Waals surface area contributed by atoms with E-state index in [1.165, 1.54) is 32.1 Å². The third kappa shape index (κ3) is 5.82. The molecule has 0 unspecified atom stereocenters. The van der Waals surface area contributed by atoms with Gasteiger partial charge in [-0.25, -0.2) is 17.9 Å². The van der Waals surface area contributed by atoms with Crippen LogP contribution >= 0.6 is 0 Å². The maximum Gasteiger partial charge on any atom is 0.317 e. The van der Waals surface area contributed by atoms with Gasteiger partial charge in [0.05, 0.1) is 6.26 Å². The molecular formula is C14H27N3O3S. The highest BCUT2D eigenvalue weighted by atomic mass is 32.2. The van der Waals surface area contributed by atoms with E-state index < -0.39 is 10.0 Å². The molecule has 122 valence electrons. The second-order valence-corrected chi connectivity index (χ2v) is 8.15. The predicted molar refractivity (Wildman–Crippen MR) is 82.5 cm³/mol. The van der Waals surface area contributed by atoms with Gasteiger partial charge in [0.1, 0.15) is 0 Å². The minimum atomic E-state index is -3.21. The lowest BCUT2D eigenvalue weighted by Crippen LogP contribution is -2.52. The summed E-state index contributed by atoms with van der Waals surface area (Å²) >= 11 is 0. The van der Waals surface area contributed by atoms with E-state index in [0.717, 1.165) is 25.6 Å². The van der Waals surface area contributed by atoms with E-state index in [-0.39, 0.29) is 12.1 Å². The van der Waals surface area contributed by atoms with Crippen LogP contribution in [0.1, 0.15) is 44.9 Å². The standard InChI is InChI=1S/C14H27N3O3S/c1-21(19,20)16-13-8-5-9-17(11-13)14(18)15-10-12-6-3-2-4-7-12/h12-13,16H,2-11H2,1H3,(H,15,18)/t13-/m1/s1. The SMILES string of the molecule is CS(=O)(=O)N[C@@H]1CCCN(C(=O)NCC2CCCCC2)C1. The van der Waals surface area contributed by atoms with Crippen molar-refractivity contribution in [2.75, 3.05) is 25.9 Å². The number of nitrogens with one attached hydrogen (secondary N) is 2. The molecule has 1 atom stereocenters. The van der Waals surface area contributed by atoms with Crippen molar-refractivity contribution in [2.45, 2.75) is 51.0 Å². The maximum absolute atomic E-state index is 12.2. The first-order valence-electron chi connectivity index (χ1n) is 7.94. The van der Waals surface area contributed by atoms with Crippen LogP contribution in [0.5, 0.6) is 0 Å². The zero-order chi connectivity index (χ0) is 15.3. The van der Waals surface area contributed by atoms with Gasteiger partial charge in [-0.3, -0.25) is 0 Å². The van der Waals surface area contributed by atoms with Crippen LogP contribution < -0.4 is 10.0 Å². The number of carbonyl (C=O) groups excluding carboxylic acids is 1. The topological polar surface area (TPSA) is 78.5 Å². The minimum Gasteiger partial charge on any atom is -0.338 e. The number of rotatable bonds is 4. The molecule has 0 aromatic carbocycles. The molecule has 1 aliphatic carbocycles. The highest BCUT2D eigenvalue weighted by Gasteiger charge is 2.25. The van der Waals surface area contributed by atoms with Crippen molar-refractivity contribution < 1.29 is 13.2 Å². The van der Waals surface area contributed by atoms with Gasteiger partial charge >= 0.3 is 6.03 Å². The summed E-state index contributed by atoms with van der Waals surface area (Å²) in [5.74, 6) is 0.609. The second kappa shape index (κ2) is 7.45. The molecule has 0 bridgehead atoms. The summed E-state index contributed by atoms with van der Waals surface area (Å²) in [5, 5.41) is 3.02. The van der Waals surface area contributed by atoms with Gasteiger partial charge in [-0.05, 0) is 31.6 Å². The van der Waals surface area contributed by atoms with Gasteiger partial charge in [0.15, 0.2) is 0 Å². The number of hydrogen-bond acceptors (Lipinski definition) is 3. The Bertz CT molecular complexity index is 446. The van der Waals surface area contributed by atoms with Crippen LogP contribution in [0.25, 0.3) is 0 Å². The molecule has 0 aromatic heterocycles. The van der Waals surface area contributed by atoms with E-state index in [4.69, 9.17) is 0 Å². The van der Waals surface area contributed by atoms with Crippen molar-refractivity contribution in [1.29, 1.82) is 0 Å². The first kappa shape index (κ1) is 16.5. The molecule has 1 aliphatic heterocycles.